The molecule has 0 aliphatic heterocycles. The molecule has 0 aromatic rings. The molecule has 0 aromatic heterocycles. The maximum absolute atomic E-state index is 5.33. The van der Waals surface area contributed by atoms with Crippen molar-refractivity contribution in [3.05, 3.63) is 12.8 Å². The van der Waals surface area contributed by atoms with E-state index >= 15 is 0 Å². The highest BCUT2D eigenvalue weighted by Gasteiger charge is 2.54. The molecule has 3 rings (SSSR count). The third-order valence-electron chi connectivity index (χ3n) is 4.43. The highest BCUT2D eigenvalue weighted by atomic mass is 16.5. The minimum Gasteiger partial charge on any atom is -0.502 e. The first-order chi connectivity index (χ1) is 6.16. The fourth-order valence-corrected chi connectivity index (χ4v) is 3.35. The molecule has 13 heavy (non-hydrogen) atoms. The van der Waals surface area contributed by atoms with Crippen molar-refractivity contribution in [3.63, 3.8) is 0 Å². The van der Waals surface area contributed by atoms with Crippen LogP contribution in [0.15, 0.2) is 12.8 Å². The average molecular weight is 180 g/mol. The van der Waals surface area contributed by atoms with Crippen LogP contribution in [0.25, 0.3) is 0 Å². The van der Waals surface area contributed by atoms with Gasteiger partial charge in [-0.15, -0.1) is 0 Å². The van der Waals surface area contributed by atoms with E-state index in [9.17, 15) is 0 Å². The van der Waals surface area contributed by atoms with Gasteiger partial charge in [0.1, 0.15) is 0 Å². The number of rotatable bonds is 3. The molecule has 0 N–H and O–H groups in total. The van der Waals surface area contributed by atoms with Gasteiger partial charge in [-0.05, 0) is 42.4 Å². The second kappa shape index (κ2) is 3.04. The first kappa shape index (κ1) is 9.11. The Bertz CT molecular complexity index is 205. The highest BCUT2D eigenvalue weighted by molar-refractivity contribution is 5.03. The van der Waals surface area contributed by atoms with Crippen LogP contribution < -0.4 is 0 Å². The van der Waals surface area contributed by atoms with Gasteiger partial charge in [-0.2, -0.15) is 0 Å². The summed E-state index contributed by atoms with van der Waals surface area (Å²) in [5, 5.41) is 0. The van der Waals surface area contributed by atoms with E-state index in [2.05, 4.69) is 20.4 Å². The second-order valence-corrected chi connectivity index (χ2v) is 5.20. The molecule has 3 saturated carbocycles. The first-order valence-corrected chi connectivity index (χ1v) is 5.38. The molecule has 0 spiro atoms. The SMILES string of the molecule is C=COC[C@@H]1CC[C@H]2C[C@@H]1C2(C)C. The van der Waals surface area contributed by atoms with Crippen LogP contribution in [0.3, 0.4) is 0 Å². The maximum atomic E-state index is 5.33. The average Bonchev–Trinajstić information content (AvgIpc) is 2.14. The highest BCUT2D eigenvalue weighted by Crippen LogP contribution is 2.61. The standard InChI is InChI=1S/C12H20O/c1-4-13-8-9-5-6-10-7-11(9)12(10,2)3/h4,9-11H,1,5-8H2,2-3H3/t9-,10-,11-/m0/s1. The zero-order valence-corrected chi connectivity index (χ0v) is 8.75. The Morgan fingerprint density at radius 1 is 1.46 bits per heavy atom. The van der Waals surface area contributed by atoms with Crippen LogP contribution in [0.5, 0.6) is 0 Å². The summed E-state index contributed by atoms with van der Waals surface area (Å²) in [5.41, 5.74) is 0.591. The van der Waals surface area contributed by atoms with Crippen LogP contribution in [-0.2, 0) is 4.74 Å². The molecule has 1 heteroatoms. The molecule has 0 heterocycles. The summed E-state index contributed by atoms with van der Waals surface area (Å²) >= 11 is 0. The normalized spacial score (nSPS) is 40.6. The maximum Gasteiger partial charge on any atom is 0.0903 e. The van der Waals surface area contributed by atoms with Gasteiger partial charge < -0.3 is 4.74 Å². The molecule has 74 valence electrons. The van der Waals surface area contributed by atoms with Crippen molar-refractivity contribution in [2.24, 2.45) is 23.2 Å². The van der Waals surface area contributed by atoms with Crippen LogP contribution in [-0.4, -0.2) is 6.61 Å². The summed E-state index contributed by atoms with van der Waals surface area (Å²) < 4.78 is 5.33. The van der Waals surface area contributed by atoms with Gasteiger partial charge in [0.05, 0.1) is 12.9 Å². The summed E-state index contributed by atoms with van der Waals surface area (Å²) in [4.78, 5) is 0. The van der Waals surface area contributed by atoms with Gasteiger partial charge in [-0.3, -0.25) is 0 Å². The quantitative estimate of drug-likeness (QED) is 0.606. The van der Waals surface area contributed by atoms with E-state index in [1.165, 1.54) is 19.3 Å². The van der Waals surface area contributed by atoms with Crippen molar-refractivity contribution in [1.82, 2.24) is 0 Å². The van der Waals surface area contributed by atoms with E-state index in [-0.39, 0.29) is 0 Å². The lowest BCUT2D eigenvalue weighted by molar-refractivity contribution is -0.117. The molecule has 0 amide bonds. The largest absolute Gasteiger partial charge is 0.502 e. The number of hydrogen-bond acceptors (Lipinski definition) is 1. The Kier molecular flexibility index (Phi) is 2.13. The Morgan fingerprint density at radius 2 is 2.23 bits per heavy atom. The van der Waals surface area contributed by atoms with Crippen LogP contribution in [0.2, 0.25) is 0 Å². The minimum atomic E-state index is 0.591. The predicted octanol–water partition coefficient (Wildman–Crippen LogP) is 3.22. The number of ether oxygens (including phenoxy) is 1. The molecule has 0 aromatic carbocycles. The van der Waals surface area contributed by atoms with Gasteiger partial charge in [0, 0.05) is 0 Å². The van der Waals surface area contributed by atoms with Crippen molar-refractivity contribution in [3.8, 4) is 0 Å². The second-order valence-electron chi connectivity index (χ2n) is 5.20. The van der Waals surface area contributed by atoms with E-state index in [1.807, 2.05) is 0 Å². The van der Waals surface area contributed by atoms with E-state index in [1.54, 1.807) is 6.26 Å². The summed E-state index contributed by atoms with van der Waals surface area (Å²) in [5.74, 6) is 2.70. The van der Waals surface area contributed by atoms with Crippen molar-refractivity contribution < 1.29 is 4.74 Å². The molecule has 0 unspecified atom stereocenters. The third kappa shape index (κ3) is 1.29. The van der Waals surface area contributed by atoms with Crippen LogP contribution >= 0.6 is 0 Å². The molecule has 0 radical (unpaired) electrons. The molecule has 3 atom stereocenters. The molecule has 3 aliphatic rings. The van der Waals surface area contributed by atoms with Crippen molar-refractivity contribution in [1.29, 1.82) is 0 Å². The Labute approximate surface area is 81.2 Å². The molecule has 0 saturated heterocycles. The summed E-state index contributed by atoms with van der Waals surface area (Å²) in [6.45, 7) is 9.34. The Hall–Kier alpha value is -0.460. The lowest BCUT2D eigenvalue weighted by atomic mass is 9.46. The number of hydrogen-bond donors (Lipinski definition) is 0. The van der Waals surface area contributed by atoms with Crippen LogP contribution in [0, 0.1) is 23.2 Å². The predicted molar refractivity (Wildman–Crippen MR) is 54.3 cm³/mol. The fraction of sp³-hybridized carbons (Fsp3) is 0.833. The summed E-state index contributed by atoms with van der Waals surface area (Å²) in [6.07, 6.45) is 5.80. The van der Waals surface area contributed by atoms with Crippen molar-refractivity contribution in [2.75, 3.05) is 6.61 Å². The third-order valence-corrected chi connectivity index (χ3v) is 4.43. The zero-order chi connectivity index (χ0) is 9.47. The van der Waals surface area contributed by atoms with Crippen LogP contribution in [0.4, 0.5) is 0 Å². The minimum absolute atomic E-state index is 0.591. The smallest absolute Gasteiger partial charge is 0.0903 e. The molecule has 1 nitrogen and oxygen atoms in total. The number of fused-ring (bicyclic) bond motifs is 2. The van der Waals surface area contributed by atoms with Gasteiger partial charge >= 0.3 is 0 Å². The first-order valence-electron chi connectivity index (χ1n) is 5.38. The van der Waals surface area contributed by atoms with Gasteiger partial charge in [0.15, 0.2) is 0 Å². The molecular formula is C12H20O. The van der Waals surface area contributed by atoms with E-state index in [4.69, 9.17) is 4.74 Å². The lowest BCUT2D eigenvalue weighted by Crippen LogP contribution is -2.53. The summed E-state index contributed by atoms with van der Waals surface area (Å²) in [7, 11) is 0. The fourth-order valence-electron chi connectivity index (χ4n) is 3.35. The van der Waals surface area contributed by atoms with Gasteiger partial charge in [0.2, 0.25) is 0 Å². The Morgan fingerprint density at radius 3 is 2.77 bits per heavy atom. The molecular weight excluding hydrogens is 160 g/mol. The van der Waals surface area contributed by atoms with Gasteiger partial charge in [0.25, 0.3) is 0 Å². The summed E-state index contributed by atoms with van der Waals surface area (Å²) in [6, 6.07) is 0. The van der Waals surface area contributed by atoms with E-state index < -0.39 is 0 Å². The van der Waals surface area contributed by atoms with Crippen LogP contribution in [0.1, 0.15) is 33.1 Å². The zero-order valence-electron chi connectivity index (χ0n) is 8.75. The topological polar surface area (TPSA) is 9.23 Å². The van der Waals surface area contributed by atoms with Crippen molar-refractivity contribution >= 4 is 0 Å². The molecule has 3 aliphatic carbocycles. The van der Waals surface area contributed by atoms with E-state index in [0.717, 1.165) is 24.4 Å². The van der Waals surface area contributed by atoms with Gasteiger partial charge in [-0.25, -0.2) is 0 Å². The monoisotopic (exact) mass is 180 g/mol. The molecule has 3 fully saturated rings. The Balaban J connectivity index is 1.95. The van der Waals surface area contributed by atoms with Crippen molar-refractivity contribution in [2.45, 2.75) is 33.1 Å². The van der Waals surface area contributed by atoms with E-state index in [0.29, 0.717) is 5.41 Å². The lowest BCUT2D eigenvalue weighted by Gasteiger charge is -2.60. The molecule has 2 bridgehead atoms. The van der Waals surface area contributed by atoms with Gasteiger partial charge in [-0.1, -0.05) is 20.4 Å².